The lowest BCUT2D eigenvalue weighted by atomic mass is 10.2. The Balaban J connectivity index is 1.87. The molecule has 0 spiro atoms. The maximum Gasteiger partial charge on any atom is 0.234 e. The molecule has 0 saturated heterocycles. The molecule has 0 unspecified atom stereocenters. The van der Waals surface area contributed by atoms with Crippen molar-refractivity contribution in [2.45, 2.75) is 25.4 Å². The summed E-state index contributed by atoms with van der Waals surface area (Å²) in [7, 11) is 1.86. The van der Waals surface area contributed by atoms with Crippen LogP contribution in [0.4, 0.5) is 0 Å². The van der Waals surface area contributed by atoms with E-state index in [1.807, 2.05) is 18.0 Å². The van der Waals surface area contributed by atoms with Gasteiger partial charge in [0.1, 0.15) is 11.8 Å². The van der Waals surface area contributed by atoms with Crippen LogP contribution in [0.2, 0.25) is 0 Å². The van der Waals surface area contributed by atoms with Crippen LogP contribution in [0.5, 0.6) is 0 Å². The topological polar surface area (TPSA) is 69.0 Å². The number of hydrogen-bond donors (Lipinski definition) is 1. The number of carbonyl (C=O) groups is 1. The third-order valence-corrected chi connectivity index (χ3v) is 2.79. The van der Waals surface area contributed by atoms with Crippen LogP contribution in [0.25, 0.3) is 0 Å². The minimum Gasteiger partial charge on any atom is -0.352 e. The van der Waals surface area contributed by atoms with Gasteiger partial charge in [0.2, 0.25) is 5.91 Å². The molecule has 1 amide bonds. The Hall–Kier alpha value is -1.93. The highest BCUT2D eigenvalue weighted by Gasteiger charge is 2.23. The van der Waals surface area contributed by atoms with E-state index in [0.29, 0.717) is 24.8 Å². The van der Waals surface area contributed by atoms with E-state index in [0.717, 1.165) is 18.4 Å². The van der Waals surface area contributed by atoms with Crippen LogP contribution in [-0.2, 0) is 11.3 Å². The average Bonchev–Trinajstić information content (AvgIpc) is 3.13. The number of carbonyl (C=O) groups excluding carboxylic acids is 1. The Morgan fingerprint density at radius 2 is 2.44 bits per heavy atom. The number of amides is 1. The number of aromatic nitrogens is 1. The molecule has 0 bridgehead atoms. The number of likely N-dealkylation sites (N-methyl/N-ethyl adjacent to an activating group) is 1. The maximum atomic E-state index is 11.6. The molecule has 1 aliphatic carbocycles. The van der Waals surface area contributed by atoms with Gasteiger partial charge in [-0.25, -0.2) is 4.98 Å². The van der Waals surface area contributed by atoms with Gasteiger partial charge in [0, 0.05) is 24.3 Å². The van der Waals surface area contributed by atoms with Crippen molar-refractivity contribution in [1.29, 1.82) is 5.26 Å². The molecule has 1 aromatic rings. The van der Waals surface area contributed by atoms with Crippen molar-refractivity contribution < 1.29 is 4.79 Å². The maximum absolute atomic E-state index is 11.6. The molecule has 1 heterocycles. The molecule has 1 aromatic heterocycles. The van der Waals surface area contributed by atoms with Gasteiger partial charge in [0.25, 0.3) is 0 Å². The van der Waals surface area contributed by atoms with Crippen LogP contribution in [0.1, 0.15) is 24.1 Å². The Bertz CT molecular complexity index is 476. The van der Waals surface area contributed by atoms with Gasteiger partial charge in [-0.05, 0) is 26.0 Å². The highest BCUT2D eigenvalue weighted by atomic mass is 16.2. The average molecular weight is 244 g/mol. The highest BCUT2D eigenvalue weighted by molar-refractivity contribution is 5.78. The van der Waals surface area contributed by atoms with Crippen LogP contribution in [0.3, 0.4) is 0 Å². The van der Waals surface area contributed by atoms with Crippen molar-refractivity contribution in [2.75, 3.05) is 13.6 Å². The lowest BCUT2D eigenvalue weighted by molar-refractivity contribution is -0.122. The second-order valence-electron chi connectivity index (χ2n) is 4.64. The van der Waals surface area contributed by atoms with Gasteiger partial charge in [-0.1, -0.05) is 6.07 Å². The summed E-state index contributed by atoms with van der Waals surface area (Å²) >= 11 is 0. The Labute approximate surface area is 106 Å². The smallest absolute Gasteiger partial charge is 0.234 e. The molecule has 18 heavy (non-hydrogen) atoms. The Kier molecular flexibility index (Phi) is 3.90. The summed E-state index contributed by atoms with van der Waals surface area (Å²) < 4.78 is 0. The Morgan fingerprint density at radius 3 is 3.11 bits per heavy atom. The molecule has 0 atom stereocenters. The number of hydrogen-bond acceptors (Lipinski definition) is 4. The Morgan fingerprint density at radius 1 is 1.67 bits per heavy atom. The van der Waals surface area contributed by atoms with E-state index >= 15 is 0 Å². The van der Waals surface area contributed by atoms with Gasteiger partial charge in [0.05, 0.1) is 6.54 Å². The summed E-state index contributed by atoms with van der Waals surface area (Å²) in [5.74, 6) is 0.0439. The van der Waals surface area contributed by atoms with E-state index < -0.39 is 0 Å². The monoisotopic (exact) mass is 244 g/mol. The SMILES string of the molecule is CN(CC(=O)NC1CC1)Cc1cccnc1C#N. The fourth-order valence-electron chi connectivity index (χ4n) is 1.76. The summed E-state index contributed by atoms with van der Waals surface area (Å²) in [5.41, 5.74) is 1.27. The van der Waals surface area contributed by atoms with Gasteiger partial charge < -0.3 is 5.32 Å². The zero-order chi connectivity index (χ0) is 13.0. The molecular formula is C13H16N4O. The molecule has 5 nitrogen and oxygen atoms in total. The lowest BCUT2D eigenvalue weighted by Gasteiger charge is -2.16. The molecule has 1 saturated carbocycles. The predicted molar refractivity (Wildman–Crippen MR) is 66.5 cm³/mol. The number of rotatable bonds is 5. The third kappa shape index (κ3) is 3.54. The van der Waals surface area contributed by atoms with Gasteiger partial charge in [-0.2, -0.15) is 5.26 Å². The van der Waals surface area contributed by atoms with Crippen molar-refractivity contribution in [3.8, 4) is 6.07 Å². The molecule has 1 aliphatic rings. The number of nitriles is 1. The largest absolute Gasteiger partial charge is 0.352 e. The first-order valence-electron chi connectivity index (χ1n) is 6.01. The van der Waals surface area contributed by atoms with Crippen molar-refractivity contribution in [2.24, 2.45) is 0 Å². The molecular weight excluding hydrogens is 228 g/mol. The summed E-state index contributed by atoms with van der Waals surface area (Å²) in [6, 6.07) is 6.11. The van der Waals surface area contributed by atoms with E-state index in [9.17, 15) is 4.79 Å². The zero-order valence-electron chi connectivity index (χ0n) is 10.4. The van der Waals surface area contributed by atoms with Crippen LogP contribution in [0.15, 0.2) is 18.3 Å². The molecule has 0 radical (unpaired) electrons. The minimum atomic E-state index is 0.0439. The molecule has 5 heteroatoms. The van der Waals surface area contributed by atoms with Gasteiger partial charge in [-0.15, -0.1) is 0 Å². The first-order valence-corrected chi connectivity index (χ1v) is 6.01. The van der Waals surface area contributed by atoms with E-state index in [-0.39, 0.29) is 5.91 Å². The standard InChI is InChI=1S/C13H16N4O/c1-17(9-13(18)16-11-4-5-11)8-10-3-2-6-15-12(10)7-14/h2-3,6,11H,4-5,8-9H2,1H3,(H,16,18). The fraction of sp³-hybridized carbons (Fsp3) is 0.462. The summed E-state index contributed by atoms with van der Waals surface area (Å²) in [4.78, 5) is 17.5. The van der Waals surface area contributed by atoms with Crippen molar-refractivity contribution in [1.82, 2.24) is 15.2 Å². The normalized spacial score (nSPS) is 14.3. The van der Waals surface area contributed by atoms with Gasteiger partial charge in [0.15, 0.2) is 0 Å². The predicted octanol–water partition coefficient (Wildman–Crippen LogP) is 0.664. The second kappa shape index (κ2) is 5.61. The van der Waals surface area contributed by atoms with E-state index in [2.05, 4.69) is 16.4 Å². The van der Waals surface area contributed by atoms with Gasteiger partial charge >= 0.3 is 0 Å². The molecule has 0 aromatic carbocycles. The van der Waals surface area contributed by atoms with Crippen LogP contribution >= 0.6 is 0 Å². The van der Waals surface area contributed by atoms with E-state index in [1.54, 1.807) is 12.3 Å². The fourth-order valence-corrected chi connectivity index (χ4v) is 1.76. The van der Waals surface area contributed by atoms with Crippen LogP contribution in [0, 0.1) is 11.3 Å². The van der Waals surface area contributed by atoms with Crippen LogP contribution < -0.4 is 5.32 Å². The molecule has 2 rings (SSSR count). The number of pyridine rings is 1. The highest BCUT2D eigenvalue weighted by Crippen LogP contribution is 2.18. The quantitative estimate of drug-likeness (QED) is 0.826. The van der Waals surface area contributed by atoms with Crippen LogP contribution in [-0.4, -0.2) is 35.4 Å². The number of nitrogens with one attached hydrogen (secondary N) is 1. The van der Waals surface area contributed by atoms with Crippen molar-refractivity contribution in [3.63, 3.8) is 0 Å². The van der Waals surface area contributed by atoms with Crippen molar-refractivity contribution >= 4 is 5.91 Å². The summed E-state index contributed by atoms with van der Waals surface area (Å²) in [6.45, 7) is 0.894. The zero-order valence-corrected chi connectivity index (χ0v) is 10.4. The second-order valence-corrected chi connectivity index (χ2v) is 4.64. The van der Waals surface area contributed by atoms with Crippen molar-refractivity contribution in [3.05, 3.63) is 29.6 Å². The minimum absolute atomic E-state index is 0.0439. The van der Waals surface area contributed by atoms with E-state index in [4.69, 9.17) is 5.26 Å². The summed E-state index contributed by atoms with van der Waals surface area (Å²) in [6.07, 6.45) is 3.79. The molecule has 1 fully saturated rings. The first-order chi connectivity index (χ1) is 8.69. The molecule has 0 aliphatic heterocycles. The van der Waals surface area contributed by atoms with Gasteiger partial charge in [-0.3, -0.25) is 9.69 Å². The number of nitrogens with zero attached hydrogens (tertiary/aromatic N) is 3. The third-order valence-electron chi connectivity index (χ3n) is 2.79. The molecule has 94 valence electrons. The molecule has 1 N–H and O–H groups in total. The van der Waals surface area contributed by atoms with E-state index in [1.165, 1.54) is 0 Å². The first kappa shape index (κ1) is 12.5. The lowest BCUT2D eigenvalue weighted by Crippen LogP contribution is -2.36. The summed E-state index contributed by atoms with van der Waals surface area (Å²) in [5, 5.41) is 11.9.